The lowest BCUT2D eigenvalue weighted by Gasteiger charge is -2.18. The number of aliphatic hydroxyl groups excluding tert-OH is 1. The van der Waals surface area contributed by atoms with Crippen molar-refractivity contribution < 1.29 is 14.6 Å². The van der Waals surface area contributed by atoms with Crippen LogP contribution in [-0.4, -0.2) is 37.8 Å². The van der Waals surface area contributed by atoms with E-state index in [2.05, 4.69) is 5.32 Å². The van der Waals surface area contributed by atoms with Crippen LogP contribution in [0.5, 0.6) is 5.75 Å². The van der Waals surface area contributed by atoms with Crippen molar-refractivity contribution >= 4 is 17.3 Å². The second kappa shape index (κ2) is 8.93. The number of nitrogens with zero attached hydrogens (tertiary/aromatic N) is 1. The number of benzene rings is 2. The Morgan fingerprint density at radius 3 is 2.62 bits per heavy atom. The summed E-state index contributed by atoms with van der Waals surface area (Å²) in [5.41, 5.74) is 2.66. The average molecular weight is 328 g/mol. The predicted molar refractivity (Wildman–Crippen MR) is 96.7 cm³/mol. The van der Waals surface area contributed by atoms with Gasteiger partial charge in [-0.1, -0.05) is 12.1 Å². The number of carbonyl (C=O) groups excluding carboxylic acids is 1. The first-order valence-electron chi connectivity index (χ1n) is 8.06. The first kappa shape index (κ1) is 17.8. The molecule has 5 nitrogen and oxygen atoms in total. The Morgan fingerprint density at radius 1 is 1.21 bits per heavy atom. The Balaban J connectivity index is 1.93. The van der Waals surface area contributed by atoms with E-state index < -0.39 is 0 Å². The van der Waals surface area contributed by atoms with Crippen molar-refractivity contribution in [2.24, 2.45) is 0 Å². The predicted octanol–water partition coefficient (Wildman–Crippen LogP) is 2.70. The highest BCUT2D eigenvalue weighted by atomic mass is 16.5. The first-order valence-corrected chi connectivity index (χ1v) is 8.06. The molecule has 2 aromatic rings. The van der Waals surface area contributed by atoms with Gasteiger partial charge < -0.3 is 20.1 Å². The number of nitrogens with one attached hydrogen (secondary N) is 1. The van der Waals surface area contributed by atoms with Gasteiger partial charge in [0, 0.05) is 25.0 Å². The Kier molecular flexibility index (Phi) is 6.63. The molecule has 1 amide bonds. The van der Waals surface area contributed by atoms with Gasteiger partial charge in [0.1, 0.15) is 5.75 Å². The van der Waals surface area contributed by atoms with E-state index >= 15 is 0 Å². The molecule has 0 aromatic heterocycles. The summed E-state index contributed by atoms with van der Waals surface area (Å²) in [6.45, 7) is 3.21. The Hall–Kier alpha value is -2.53. The maximum absolute atomic E-state index is 12.2. The minimum Gasteiger partial charge on any atom is -0.494 e. The van der Waals surface area contributed by atoms with E-state index in [9.17, 15) is 4.79 Å². The van der Waals surface area contributed by atoms with Crippen LogP contribution < -0.4 is 15.0 Å². The van der Waals surface area contributed by atoms with Crippen molar-refractivity contribution in [1.29, 1.82) is 0 Å². The van der Waals surface area contributed by atoms with E-state index in [1.165, 1.54) is 0 Å². The summed E-state index contributed by atoms with van der Waals surface area (Å²) >= 11 is 0. The standard InChI is InChI=1S/C19H24N2O3/c1-3-24-18-6-4-5-15(13-18)14-19(23)20-16-7-9-17(10-8-16)21(2)11-12-22/h4-10,13,22H,3,11-12,14H2,1-2H3,(H,20,23). The normalized spacial score (nSPS) is 10.3. The fourth-order valence-corrected chi connectivity index (χ4v) is 2.38. The molecule has 0 radical (unpaired) electrons. The highest BCUT2D eigenvalue weighted by molar-refractivity contribution is 5.92. The molecule has 0 heterocycles. The molecule has 2 aromatic carbocycles. The fraction of sp³-hybridized carbons (Fsp3) is 0.316. The van der Waals surface area contributed by atoms with Crippen molar-refractivity contribution in [3.8, 4) is 5.75 Å². The number of hydrogen-bond acceptors (Lipinski definition) is 4. The summed E-state index contributed by atoms with van der Waals surface area (Å²) in [5.74, 6) is 0.708. The smallest absolute Gasteiger partial charge is 0.228 e. The second-order valence-corrected chi connectivity index (χ2v) is 5.50. The number of amides is 1. The van der Waals surface area contributed by atoms with E-state index in [0.29, 0.717) is 19.6 Å². The monoisotopic (exact) mass is 328 g/mol. The highest BCUT2D eigenvalue weighted by Gasteiger charge is 2.06. The molecule has 0 aliphatic rings. The van der Waals surface area contributed by atoms with E-state index in [-0.39, 0.29) is 12.5 Å². The summed E-state index contributed by atoms with van der Waals surface area (Å²) < 4.78 is 5.45. The molecule has 0 bridgehead atoms. The van der Waals surface area contributed by atoms with Crippen LogP contribution in [-0.2, 0) is 11.2 Å². The number of carbonyl (C=O) groups is 1. The lowest BCUT2D eigenvalue weighted by Crippen LogP contribution is -2.21. The minimum absolute atomic E-state index is 0.0693. The molecule has 0 fully saturated rings. The molecule has 128 valence electrons. The van der Waals surface area contributed by atoms with Crippen molar-refractivity contribution in [2.75, 3.05) is 37.0 Å². The fourth-order valence-electron chi connectivity index (χ4n) is 2.38. The Bertz CT molecular complexity index is 656. The largest absolute Gasteiger partial charge is 0.494 e. The van der Waals surface area contributed by atoms with Crippen LogP contribution in [0.4, 0.5) is 11.4 Å². The van der Waals surface area contributed by atoms with Crippen molar-refractivity contribution in [1.82, 2.24) is 0 Å². The van der Waals surface area contributed by atoms with E-state index in [1.54, 1.807) is 0 Å². The van der Waals surface area contributed by atoms with Gasteiger partial charge >= 0.3 is 0 Å². The zero-order valence-electron chi connectivity index (χ0n) is 14.2. The second-order valence-electron chi connectivity index (χ2n) is 5.50. The third-order valence-corrected chi connectivity index (χ3v) is 3.60. The van der Waals surface area contributed by atoms with E-state index in [4.69, 9.17) is 9.84 Å². The number of aliphatic hydroxyl groups is 1. The zero-order chi connectivity index (χ0) is 17.4. The average Bonchev–Trinajstić information content (AvgIpc) is 2.56. The van der Waals surface area contributed by atoms with Crippen LogP contribution >= 0.6 is 0 Å². The van der Waals surface area contributed by atoms with Gasteiger partial charge in [-0.15, -0.1) is 0 Å². The number of likely N-dealkylation sites (N-methyl/N-ethyl adjacent to an activating group) is 1. The van der Waals surface area contributed by atoms with Gasteiger partial charge in [0.15, 0.2) is 0 Å². The summed E-state index contributed by atoms with van der Waals surface area (Å²) in [7, 11) is 1.91. The van der Waals surface area contributed by atoms with Gasteiger partial charge in [-0.05, 0) is 48.9 Å². The summed E-state index contributed by atoms with van der Waals surface area (Å²) in [4.78, 5) is 14.1. The molecule has 0 spiro atoms. The van der Waals surface area contributed by atoms with Gasteiger partial charge in [0.05, 0.1) is 19.6 Å². The molecule has 0 saturated heterocycles. The van der Waals surface area contributed by atoms with Crippen molar-refractivity contribution in [3.05, 3.63) is 54.1 Å². The summed E-state index contributed by atoms with van der Waals surface area (Å²) in [6, 6.07) is 15.1. The zero-order valence-corrected chi connectivity index (χ0v) is 14.2. The first-order chi connectivity index (χ1) is 11.6. The molecule has 5 heteroatoms. The third-order valence-electron chi connectivity index (χ3n) is 3.60. The topological polar surface area (TPSA) is 61.8 Å². The Morgan fingerprint density at radius 2 is 1.96 bits per heavy atom. The molecule has 0 atom stereocenters. The van der Waals surface area contributed by atoms with Crippen LogP contribution in [0, 0.1) is 0 Å². The molecular formula is C19H24N2O3. The van der Waals surface area contributed by atoms with Crippen molar-refractivity contribution in [2.45, 2.75) is 13.3 Å². The van der Waals surface area contributed by atoms with E-state index in [1.807, 2.05) is 67.4 Å². The van der Waals surface area contributed by atoms with Gasteiger partial charge in [0.25, 0.3) is 0 Å². The lowest BCUT2D eigenvalue weighted by atomic mass is 10.1. The lowest BCUT2D eigenvalue weighted by molar-refractivity contribution is -0.115. The quantitative estimate of drug-likeness (QED) is 0.782. The van der Waals surface area contributed by atoms with Gasteiger partial charge in [-0.3, -0.25) is 4.79 Å². The maximum Gasteiger partial charge on any atom is 0.228 e. The molecule has 24 heavy (non-hydrogen) atoms. The minimum atomic E-state index is -0.0693. The molecule has 0 saturated carbocycles. The molecule has 2 N–H and O–H groups in total. The Labute approximate surface area is 142 Å². The number of anilines is 2. The maximum atomic E-state index is 12.2. The van der Waals surface area contributed by atoms with Crippen LogP contribution in [0.25, 0.3) is 0 Å². The number of hydrogen-bond donors (Lipinski definition) is 2. The summed E-state index contributed by atoms with van der Waals surface area (Å²) in [6.07, 6.45) is 0.299. The molecular weight excluding hydrogens is 304 g/mol. The van der Waals surface area contributed by atoms with Crippen molar-refractivity contribution in [3.63, 3.8) is 0 Å². The van der Waals surface area contributed by atoms with Gasteiger partial charge in [0.2, 0.25) is 5.91 Å². The number of rotatable bonds is 8. The van der Waals surface area contributed by atoms with Crippen LogP contribution in [0.15, 0.2) is 48.5 Å². The molecule has 0 aliphatic carbocycles. The number of ether oxygens (including phenoxy) is 1. The third kappa shape index (κ3) is 5.28. The summed E-state index contributed by atoms with van der Waals surface area (Å²) in [5, 5.41) is 11.8. The van der Waals surface area contributed by atoms with Gasteiger partial charge in [-0.2, -0.15) is 0 Å². The molecule has 2 rings (SSSR count). The SMILES string of the molecule is CCOc1cccc(CC(=O)Nc2ccc(N(C)CCO)cc2)c1. The van der Waals surface area contributed by atoms with Crippen LogP contribution in [0.1, 0.15) is 12.5 Å². The van der Waals surface area contributed by atoms with Crippen LogP contribution in [0.2, 0.25) is 0 Å². The highest BCUT2D eigenvalue weighted by Crippen LogP contribution is 2.18. The molecule has 0 aliphatic heterocycles. The van der Waals surface area contributed by atoms with E-state index in [0.717, 1.165) is 22.7 Å². The molecule has 0 unspecified atom stereocenters. The van der Waals surface area contributed by atoms with Gasteiger partial charge in [-0.25, -0.2) is 0 Å². The van der Waals surface area contributed by atoms with Crippen LogP contribution in [0.3, 0.4) is 0 Å².